The van der Waals surface area contributed by atoms with E-state index in [1.54, 1.807) is 0 Å². The largest absolute Gasteiger partial charge is 0.489 e. The molecule has 120 valence electrons. The van der Waals surface area contributed by atoms with Gasteiger partial charge in [0.25, 0.3) is 5.69 Å². The van der Waals surface area contributed by atoms with Crippen LogP contribution in [0.5, 0.6) is 11.5 Å². The maximum Gasteiger partial charge on any atom is 0.270 e. The van der Waals surface area contributed by atoms with Gasteiger partial charge in [0.1, 0.15) is 24.7 Å². The molecule has 0 fully saturated rings. The third-order valence-electron chi connectivity index (χ3n) is 3.33. The fraction of sp³-hybridized carbons (Fsp3) is 0.235. The van der Waals surface area contributed by atoms with Crippen molar-refractivity contribution in [2.24, 2.45) is 0 Å². The number of nitrogens with zero attached hydrogens (tertiary/aromatic N) is 1. The fourth-order valence-electron chi connectivity index (χ4n) is 2.20. The second kappa shape index (κ2) is 7.40. The average Bonchev–Trinajstić information content (AvgIpc) is 2.53. The molecule has 2 aromatic carbocycles. The highest BCUT2D eigenvalue weighted by Crippen LogP contribution is 2.24. The summed E-state index contributed by atoms with van der Waals surface area (Å²) < 4.78 is 11.2. The highest BCUT2D eigenvalue weighted by atomic mass is 16.6. The molecule has 0 unspecified atom stereocenters. The first-order chi connectivity index (χ1) is 11.0. The Kier molecular flexibility index (Phi) is 5.30. The minimum Gasteiger partial charge on any atom is -0.489 e. The lowest BCUT2D eigenvalue weighted by molar-refractivity contribution is -0.384. The van der Waals surface area contributed by atoms with Crippen molar-refractivity contribution in [3.05, 3.63) is 63.2 Å². The molecule has 2 rings (SSSR count). The average molecular weight is 315 g/mol. The molecule has 6 heteroatoms. The second-order valence-electron chi connectivity index (χ2n) is 5.01. The van der Waals surface area contributed by atoms with Gasteiger partial charge in [0, 0.05) is 12.1 Å². The van der Waals surface area contributed by atoms with Gasteiger partial charge in [-0.05, 0) is 31.0 Å². The molecule has 0 saturated carbocycles. The van der Waals surface area contributed by atoms with Gasteiger partial charge in [0.2, 0.25) is 0 Å². The molecule has 0 saturated heterocycles. The number of aryl methyl sites for hydroxylation is 2. The molecule has 0 N–H and O–H groups in total. The van der Waals surface area contributed by atoms with Crippen molar-refractivity contribution in [2.75, 3.05) is 13.2 Å². The molecular weight excluding hydrogens is 298 g/mol. The van der Waals surface area contributed by atoms with Gasteiger partial charge in [-0.1, -0.05) is 18.2 Å². The van der Waals surface area contributed by atoms with Crippen molar-refractivity contribution >= 4 is 12.0 Å². The number of carbonyl (C=O) groups excluding carboxylic acids is 1. The Hall–Kier alpha value is -2.89. The molecule has 0 aliphatic rings. The van der Waals surface area contributed by atoms with Crippen LogP contribution in [0.15, 0.2) is 36.4 Å². The summed E-state index contributed by atoms with van der Waals surface area (Å²) in [6.45, 7) is 4.46. The summed E-state index contributed by atoms with van der Waals surface area (Å²) in [5, 5.41) is 10.7. The predicted octanol–water partition coefficient (Wildman–Crippen LogP) is 3.48. The van der Waals surface area contributed by atoms with E-state index >= 15 is 0 Å². The molecular formula is C17H17NO5. The van der Waals surface area contributed by atoms with Gasteiger partial charge in [-0.2, -0.15) is 0 Å². The van der Waals surface area contributed by atoms with Crippen molar-refractivity contribution in [2.45, 2.75) is 13.8 Å². The number of carbonyl (C=O) groups is 1. The van der Waals surface area contributed by atoms with E-state index in [1.165, 1.54) is 18.2 Å². The molecule has 6 nitrogen and oxygen atoms in total. The molecule has 0 aliphatic carbocycles. The van der Waals surface area contributed by atoms with Gasteiger partial charge in [-0.3, -0.25) is 14.9 Å². The number of nitro benzene ring substituents is 1. The maximum atomic E-state index is 11.0. The van der Waals surface area contributed by atoms with Crippen LogP contribution in [0.25, 0.3) is 0 Å². The molecule has 0 spiro atoms. The maximum absolute atomic E-state index is 11.0. The Bertz CT molecular complexity index is 707. The van der Waals surface area contributed by atoms with E-state index in [9.17, 15) is 14.9 Å². The summed E-state index contributed by atoms with van der Waals surface area (Å²) in [4.78, 5) is 21.1. The van der Waals surface area contributed by atoms with Crippen molar-refractivity contribution < 1.29 is 19.2 Å². The van der Waals surface area contributed by atoms with Gasteiger partial charge in [0.05, 0.1) is 10.5 Å². The number of para-hydroxylation sites is 1. The van der Waals surface area contributed by atoms with E-state index < -0.39 is 4.92 Å². The fourth-order valence-corrected chi connectivity index (χ4v) is 2.20. The summed E-state index contributed by atoms with van der Waals surface area (Å²) >= 11 is 0. The van der Waals surface area contributed by atoms with Crippen LogP contribution in [0.2, 0.25) is 0 Å². The normalized spacial score (nSPS) is 10.2. The zero-order valence-electron chi connectivity index (χ0n) is 12.9. The van der Waals surface area contributed by atoms with Gasteiger partial charge in [0.15, 0.2) is 6.29 Å². The number of nitro groups is 1. The van der Waals surface area contributed by atoms with Gasteiger partial charge < -0.3 is 9.47 Å². The molecule has 0 radical (unpaired) electrons. The number of benzene rings is 2. The first kappa shape index (κ1) is 16.5. The Balaban J connectivity index is 1.96. The molecule has 0 heterocycles. The SMILES string of the molecule is Cc1cccc(C)c1OCCOc1ccc([N+](=O)[O-])cc1C=O. The smallest absolute Gasteiger partial charge is 0.270 e. The van der Waals surface area contributed by atoms with Crippen LogP contribution in [0.3, 0.4) is 0 Å². The van der Waals surface area contributed by atoms with E-state index in [2.05, 4.69) is 0 Å². The molecule has 0 aliphatic heterocycles. The number of hydrogen-bond donors (Lipinski definition) is 0. The second-order valence-corrected chi connectivity index (χ2v) is 5.01. The van der Waals surface area contributed by atoms with Gasteiger partial charge in [-0.25, -0.2) is 0 Å². The molecule has 0 amide bonds. The number of ether oxygens (including phenoxy) is 2. The third-order valence-corrected chi connectivity index (χ3v) is 3.33. The standard InChI is InChI=1S/C17H17NO5/c1-12-4-3-5-13(2)17(12)23-9-8-22-16-7-6-15(18(20)21)10-14(16)11-19/h3-7,10-11H,8-9H2,1-2H3. The summed E-state index contributed by atoms with van der Waals surface area (Å²) in [7, 11) is 0. The zero-order valence-corrected chi connectivity index (χ0v) is 12.9. The van der Waals surface area contributed by atoms with Crippen LogP contribution >= 0.6 is 0 Å². The lowest BCUT2D eigenvalue weighted by atomic mass is 10.1. The van der Waals surface area contributed by atoms with Crippen LogP contribution in [-0.2, 0) is 0 Å². The van der Waals surface area contributed by atoms with Gasteiger partial charge in [-0.15, -0.1) is 0 Å². The minimum absolute atomic E-state index is 0.145. The number of non-ortho nitro benzene ring substituents is 1. The number of hydrogen-bond acceptors (Lipinski definition) is 5. The molecule has 0 aromatic heterocycles. The van der Waals surface area contributed by atoms with E-state index in [1.807, 2.05) is 32.0 Å². The lowest BCUT2D eigenvalue weighted by Crippen LogP contribution is -2.11. The highest BCUT2D eigenvalue weighted by molar-refractivity contribution is 5.80. The summed E-state index contributed by atoms with van der Waals surface area (Å²) in [6.07, 6.45) is 0.536. The molecule has 23 heavy (non-hydrogen) atoms. The topological polar surface area (TPSA) is 78.7 Å². The van der Waals surface area contributed by atoms with Crippen LogP contribution in [0, 0.1) is 24.0 Å². The van der Waals surface area contributed by atoms with E-state index in [4.69, 9.17) is 9.47 Å². The molecule has 0 bridgehead atoms. The molecule has 0 atom stereocenters. The van der Waals surface area contributed by atoms with Crippen LogP contribution in [0.4, 0.5) is 5.69 Å². The van der Waals surface area contributed by atoms with E-state index in [0.717, 1.165) is 16.9 Å². The molecule has 2 aromatic rings. The lowest BCUT2D eigenvalue weighted by Gasteiger charge is -2.13. The van der Waals surface area contributed by atoms with Crippen LogP contribution < -0.4 is 9.47 Å². The van der Waals surface area contributed by atoms with Crippen LogP contribution in [-0.4, -0.2) is 24.4 Å². The van der Waals surface area contributed by atoms with Crippen molar-refractivity contribution in [3.63, 3.8) is 0 Å². The van der Waals surface area contributed by atoms with Crippen molar-refractivity contribution in [1.29, 1.82) is 0 Å². The number of rotatable bonds is 7. The minimum atomic E-state index is -0.555. The Morgan fingerprint density at radius 1 is 1.09 bits per heavy atom. The highest BCUT2D eigenvalue weighted by Gasteiger charge is 2.11. The third kappa shape index (κ3) is 4.06. The first-order valence-corrected chi connectivity index (χ1v) is 7.08. The van der Waals surface area contributed by atoms with E-state index in [0.29, 0.717) is 18.6 Å². The van der Waals surface area contributed by atoms with Gasteiger partial charge >= 0.3 is 0 Å². The Labute approximate surface area is 133 Å². The van der Waals surface area contributed by atoms with E-state index in [-0.39, 0.29) is 17.9 Å². The Morgan fingerprint density at radius 3 is 2.35 bits per heavy atom. The number of aldehydes is 1. The quantitative estimate of drug-likeness (QED) is 0.338. The Morgan fingerprint density at radius 2 is 1.74 bits per heavy atom. The monoisotopic (exact) mass is 315 g/mol. The van der Waals surface area contributed by atoms with Crippen LogP contribution in [0.1, 0.15) is 21.5 Å². The summed E-state index contributed by atoms with van der Waals surface area (Å²) in [6, 6.07) is 9.79. The zero-order chi connectivity index (χ0) is 16.8. The van der Waals surface area contributed by atoms with Crippen molar-refractivity contribution in [1.82, 2.24) is 0 Å². The first-order valence-electron chi connectivity index (χ1n) is 7.08. The summed E-state index contributed by atoms with van der Waals surface area (Å²) in [5.74, 6) is 1.12. The van der Waals surface area contributed by atoms with Crippen molar-refractivity contribution in [3.8, 4) is 11.5 Å². The predicted molar refractivity (Wildman–Crippen MR) is 85.4 cm³/mol. The summed E-state index contributed by atoms with van der Waals surface area (Å²) in [5.41, 5.74) is 2.07.